The summed E-state index contributed by atoms with van der Waals surface area (Å²) in [5.74, 6) is 0. The van der Waals surface area contributed by atoms with Crippen LogP contribution in [0.5, 0.6) is 0 Å². The maximum atomic E-state index is 11.8. The summed E-state index contributed by atoms with van der Waals surface area (Å²) in [6.07, 6.45) is 0.549. The van der Waals surface area contributed by atoms with Crippen LogP contribution in [0.3, 0.4) is 0 Å². The third-order valence-electron chi connectivity index (χ3n) is 4.42. The molecule has 0 aliphatic carbocycles. The van der Waals surface area contributed by atoms with Crippen LogP contribution in [0.1, 0.15) is 96.4 Å². The van der Waals surface area contributed by atoms with Gasteiger partial charge < -0.3 is 9.26 Å². The van der Waals surface area contributed by atoms with E-state index in [0.29, 0.717) is 43.8 Å². The second kappa shape index (κ2) is 13.1. The molecule has 0 N–H and O–H groups in total. The van der Waals surface area contributed by atoms with E-state index in [1.54, 1.807) is 0 Å². The van der Waals surface area contributed by atoms with Crippen molar-refractivity contribution in [2.75, 3.05) is 13.2 Å². The average Bonchev–Trinajstić information content (AvgIpc) is 2.51. The topological polar surface area (TPSA) is 42.0 Å². The first-order chi connectivity index (χ1) is 13.5. The maximum Gasteiger partial charge on any atom is 0.189 e. The van der Waals surface area contributed by atoms with Crippen LogP contribution in [0.4, 0.5) is 0 Å². The van der Waals surface area contributed by atoms with Gasteiger partial charge in [-0.1, -0.05) is 18.7 Å². The normalized spacial score (nSPS) is 13.9. The smallest absolute Gasteiger partial charge is 0.189 e. The molecule has 0 amide bonds. The molecule has 0 aromatic rings. The molecule has 0 aromatic carbocycles. The average molecular weight is 465 g/mol. The third kappa shape index (κ3) is 10.7. The first-order valence-corrected chi connectivity index (χ1v) is 13.4. The fourth-order valence-corrected chi connectivity index (χ4v) is 6.80. The lowest BCUT2D eigenvalue weighted by atomic mass is 10.1. The highest BCUT2D eigenvalue weighted by Crippen LogP contribution is 2.53. The molecular weight excluding hydrogens is 415 g/mol. The van der Waals surface area contributed by atoms with Crippen molar-refractivity contribution in [3.8, 4) is 0 Å². The highest BCUT2D eigenvalue weighted by molar-refractivity contribution is 8.14. The van der Waals surface area contributed by atoms with Crippen LogP contribution < -0.4 is 0 Å². The first-order valence-electron chi connectivity index (χ1n) is 11.4. The van der Waals surface area contributed by atoms with Crippen LogP contribution in [0, 0.1) is 0 Å². The van der Waals surface area contributed by atoms with E-state index in [2.05, 4.69) is 92.4 Å². The summed E-state index contributed by atoms with van der Waals surface area (Å²) in [5.41, 5.74) is -0.439. The van der Waals surface area contributed by atoms with Gasteiger partial charge in [0.1, 0.15) is 0 Å². The van der Waals surface area contributed by atoms with Crippen molar-refractivity contribution in [2.45, 2.75) is 131 Å². The first kappa shape index (κ1) is 30.3. The molecule has 0 bridgehead atoms. The van der Waals surface area contributed by atoms with E-state index in [9.17, 15) is 4.79 Å². The molecule has 0 rings (SSSR count). The maximum absolute atomic E-state index is 11.8. The standard InChI is InChI=1S/C23H49N2O3PS/c1-14-21(26)30-23(12,13)16-27-15-22(10,11)28-29(24(17(2)3)18(4)5)25(19(6)7)20(8)9/h17-20H,14-16H2,1-13H3. The van der Waals surface area contributed by atoms with Crippen molar-refractivity contribution in [2.24, 2.45) is 0 Å². The Kier molecular flexibility index (Phi) is 13.2. The Hall–Kier alpha value is 0.290. The zero-order valence-corrected chi connectivity index (χ0v) is 23.6. The molecule has 0 saturated carbocycles. The van der Waals surface area contributed by atoms with Crippen molar-refractivity contribution in [1.29, 1.82) is 0 Å². The summed E-state index contributed by atoms with van der Waals surface area (Å²) >= 11 is 1.37. The minimum absolute atomic E-state index is 0.205. The molecule has 7 heteroatoms. The lowest BCUT2D eigenvalue weighted by Gasteiger charge is -2.48. The lowest BCUT2D eigenvalue weighted by molar-refractivity contribution is -0.110. The number of nitrogens with zero attached hydrogens (tertiary/aromatic N) is 2. The van der Waals surface area contributed by atoms with E-state index >= 15 is 0 Å². The van der Waals surface area contributed by atoms with Gasteiger partial charge in [-0.25, -0.2) is 9.34 Å². The second-order valence-corrected chi connectivity index (χ2v) is 13.7. The Morgan fingerprint density at radius 2 is 1.23 bits per heavy atom. The molecule has 0 spiro atoms. The predicted molar refractivity (Wildman–Crippen MR) is 134 cm³/mol. The Labute approximate surface area is 192 Å². The fraction of sp³-hybridized carbons (Fsp3) is 0.957. The van der Waals surface area contributed by atoms with E-state index in [4.69, 9.17) is 9.26 Å². The number of rotatable bonds is 14. The monoisotopic (exact) mass is 464 g/mol. The molecule has 30 heavy (non-hydrogen) atoms. The Balaban J connectivity index is 5.42. The van der Waals surface area contributed by atoms with Crippen molar-refractivity contribution in [3.05, 3.63) is 0 Å². The number of thioether (sulfide) groups is 1. The van der Waals surface area contributed by atoms with Gasteiger partial charge in [0.25, 0.3) is 0 Å². The van der Waals surface area contributed by atoms with Crippen LogP contribution >= 0.6 is 20.2 Å². The van der Waals surface area contributed by atoms with Gasteiger partial charge in [-0.05, 0) is 83.1 Å². The SMILES string of the molecule is CCC(=O)SC(C)(C)COCC(C)(C)OP(N(C(C)C)C(C)C)N(C(C)C)C(C)C. The van der Waals surface area contributed by atoms with E-state index in [-0.39, 0.29) is 9.86 Å². The number of ether oxygens (including phenoxy) is 1. The molecule has 0 fully saturated rings. The summed E-state index contributed by atoms with van der Waals surface area (Å²) < 4.78 is 17.7. The van der Waals surface area contributed by atoms with Gasteiger partial charge >= 0.3 is 0 Å². The molecule has 0 aliphatic heterocycles. The van der Waals surface area contributed by atoms with E-state index in [1.807, 2.05) is 6.92 Å². The lowest BCUT2D eigenvalue weighted by Crippen LogP contribution is -2.46. The highest BCUT2D eigenvalue weighted by atomic mass is 32.2. The van der Waals surface area contributed by atoms with Gasteiger partial charge in [0.05, 0.1) is 18.8 Å². The van der Waals surface area contributed by atoms with Crippen LogP contribution in [0.15, 0.2) is 0 Å². The molecule has 5 nitrogen and oxygen atoms in total. The van der Waals surface area contributed by atoms with Crippen molar-refractivity contribution < 1.29 is 14.1 Å². The van der Waals surface area contributed by atoms with Gasteiger partial charge in [-0.2, -0.15) is 0 Å². The van der Waals surface area contributed by atoms with Crippen molar-refractivity contribution >= 4 is 25.3 Å². The van der Waals surface area contributed by atoms with Gasteiger partial charge in [-0.3, -0.25) is 4.79 Å². The minimum atomic E-state index is -0.967. The predicted octanol–water partition coefficient (Wildman–Crippen LogP) is 6.71. The molecule has 0 aromatic heterocycles. The Morgan fingerprint density at radius 1 is 0.833 bits per heavy atom. The third-order valence-corrected chi connectivity index (χ3v) is 8.90. The summed E-state index contributed by atoms with van der Waals surface area (Å²) in [6.45, 7) is 29.2. The van der Waals surface area contributed by atoms with Crippen molar-refractivity contribution in [1.82, 2.24) is 9.34 Å². The Morgan fingerprint density at radius 3 is 1.57 bits per heavy atom. The zero-order valence-electron chi connectivity index (χ0n) is 21.9. The molecule has 180 valence electrons. The van der Waals surface area contributed by atoms with Gasteiger partial charge in [0.2, 0.25) is 0 Å². The number of carbonyl (C=O) groups is 1. The van der Waals surface area contributed by atoms with Gasteiger partial charge in [0, 0.05) is 35.3 Å². The highest BCUT2D eigenvalue weighted by Gasteiger charge is 2.38. The summed E-state index contributed by atoms with van der Waals surface area (Å²) in [4.78, 5) is 11.8. The number of hydrogen-bond acceptors (Lipinski definition) is 6. The van der Waals surface area contributed by atoms with E-state index in [0.717, 1.165) is 0 Å². The summed E-state index contributed by atoms with van der Waals surface area (Å²) in [6, 6.07) is 1.51. The van der Waals surface area contributed by atoms with Crippen LogP contribution in [0.2, 0.25) is 0 Å². The Bertz CT molecular complexity index is 475. The van der Waals surface area contributed by atoms with Gasteiger partial charge in [0.15, 0.2) is 13.6 Å². The van der Waals surface area contributed by atoms with E-state index < -0.39 is 14.1 Å². The molecule has 0 aliphatic rings. The van der Waals surface area contributed by atoms with Gasteiger partial charge in [-0.15, -0.1) is 0 Å². The van der Waals surface area contributed by atoms with Crippen LogP contribution in [0.25, 0.3) is 0 Å². The van der Waals surface area contributed by atoms with Crippen LogP contribution in [-0.2, 0) is 14.1 Å². The van der Waals surface area contributed by atoms with Crippen molar-refractivity contribution in [3.63, 3.8) is 0 Å². The second-order valence-electron chi connectivity index (χ2n) is 10.3. The molecule has 0 unspecified atom stereocenters. The van der Waals surface area contributed by atoms with E-state index in [1.165, 1.54) is 11.8 Å². The molecule has 0 radical (unpaired) electrons. The largest absolute Gasteiger partial charge is 0.377 e. The minimum Gasteiger partial charge on any atom is -0.377 e. The number of carbonyl (C=O) groups excluding carboxylic acids is 1. The zero-order chi connectivity index (χ0) is 23.9. The molecule has 0 saturated heterocycles. The summed E-state index contributed by atoms with van der Waals surface area (Å²) in [7, 11) is -0.967. The molecule has 0 atom stereocenters. The molecule has 0 heterocycles. The molecular formula is C23H49N2O3PS. The van der Waals surface area contributed by atoms with Crippen LogP contribution in [-0.4, -0.2) is 62.2 Å². The fourth-order valence-electron chi connectivity index (χ4n) is 3.40. The quantitative estimate of drug-likeness (QED) is 0.266. The summed E-state index contributed by atoms with van der Waals surface area (Å²) in [5, 5.41) is 0.205. The number of hydrogen-bond donors (Lipinski definition) is 0.